The number of benzene rings is 1. The molecule has 0 fully saturated rings. The Morgan fingerprint density at radius 3 is 3.13 bits per heavy atom. The van der Waals surface area contributed by atoms with Gasteiger partial charge in [-0.25, -0.2) is 0 Å². The summed E-state index contributed by atoms with van der Waals surface area (Å²) in [7, 11) is 0. The highest BCUT2D eigenvalue weighted by Crippen LogP contribution is 2.20. The fraction of sp³-hybridized carbons (Fsp3) is 0.143. The number of aryl methyl sites for hydroxylation is 1. The first kappa shape index (κ1) is 8.93. The van der Waals surface area contributed by atoms with Crippen LogP contribution >= 0.6 is 11.3 Å². The van der Waals surface area contributed by atoms with Crippen LogP contribution in [0.2, 0.25) is 0 Å². The molecule has 0 atom stereocenters. The molecule has 1 aliphatic rings. The molecule has 0 saturated carbocycles. The van der Waals surface area contributed by atoms with Crippen molar-refractivity contribution in [3.8, 4) is 0 Å². The van der Waals surface area contributed by atoms with E-state index in [2.05, 4.69) is 49.4 Å². The van der Waals surface area contributed by atoms with E-state index in [0.29, 0.717) is 0 Å². The number of rotatable bonds is 0. The minimum Gasteiger partial charge on any atom is -0.140 e. The van der Waals surface area contributed by atoms with Crippen LogP contribution in [0, 0.1) is 6.92 Å². The molecule has 1 heterocycles. The highest BCUT2D eigenvalue weighted by Gasteiger charge is 2.00. The van der Waals surface area contributed by atoms with E-state index < -0.39 is 0 Å². The largest absolute Gasteiger partial charge is 0.140 e. The third kappa shape index (κ3) is 1.44. The molecule has 0 spiro atoms. The fourth-order valence-corrected chi connectivity index (χ4v) is 3.10. The Bertz CT molecular complexity index is 656. The van der Waals surface area contributed by atoms with E-state index in [0.717, 1.165) is 6.42 Å². The summed E-state index contributed by atoms with van der Waals surface area (Å²) in [4.78, 5) is 1.39. The molecule has 0 aliphatic heterocycles. The van der Waals surface area contributed by atoms with E-state index in [1.165, 1.54) is 25.4 Å². The van der Waals surface area contributed by atoms with Gasteiger partial charge in [0.1, 0.15) is 0 Å². The van der Waals surface area contributed by atoms with Crippen molar-refractivity contribution in [2.24, 2.45) is 0 Å². The quantitative estimate of drug-likeness (QED) is 0.630. The number of allylic oxidation sites excluding steroid dienone is 2. The van der Waals surface area contributed by atoms with Crippen molar-refractivity contribution in [2.75, 3.05) is 0 Å². The normalized spacial score (nSPS) is 14.2. The summed E-state index contributed by atoms with van der Waals surface area (Å²) in [5, 5.41) is 4.13. The molecule has 74 valence electrons. The van der Waals surface area contributed by atoms with E-state index in [4.69, 9.17) is 0 Å². The first-order chi connectivity index (χ1) is 7.34. The molecule has 0 radical (unpaired) electrons. The third-order valence-electron chi connectivity index (χ3n) is 2.75. The summed E-state index contributed by atoms with van der Waals surface area (Å²) in [5.41, 5.74) is 0. The number of hydrogen-bond donors (Lipinski definition) is 0. The van der Waals surface area contributed by atoms with E-state index in [9.17, 15) is 0 Å². The summed E-state index contributed by atoms with van der Waals surface area (Å²) in [6.07, 6.45) is 9.93. The molecule has 0 amide bonds. The summed E-state index contributed by atoms with van der Waals surface area (Å²) < 4.78 is 1.42. The van der Waals surface area contributed by atoms with Crippen molar-refractivity contribution < 1.29 is 0 Å². The third-order valence-corrected chi connectivity index (χ3v) is 3.85. The maximum absolute atomic E-state index is 2.30. The Balaban J connectivity index is 2.57. The van der Waals surface area contributed by atoms with Gasteiger partial charge >= 0.3 is 0 Å². The van der Waals surface area contributed by atoms with Crippen LogP contribution in [0.25, 0.3) is 22.2 Å². The average Bonchev–Trinajstić information content (AvgIpc) is 2.48. The molecule has 0 nitrogen and oxygen atoms in total. The second-order valence-electron chi connectivity index (χ2n) is 3.88. The Labute approximate surface area is 92.9 Å². The first-order valence-electron chi connectivity index (χ1n) is 5.21. The van der Waals surface area contributed by atoms with E-state index in [1.807, 2.05) is 11.3 Å². The zero-order valence-corrected chi connectivity index (χ0v) is 9.47. The van der Waals surface area contributed by atoms with Gasteiger partial charge in [0.25, 0.3) is 0 Å². The van der Waals surface area contributed by atoms with Gasteiger partial charge in [-0.3, -0.25) is 0 Å². The Kier molecular flexibility index (Phi) is 2.00. The van der Waals surface area contributed by atoms with Crippen LogP contribution in [0.5, 0.6) is 0 Å². The number of hydrogen-bond acceptors (Lipinski definition) is 1. The Morgan fingerprint density at radius 1 is 1.27 bits per heavy atom. The topological polar surface area (TPSA) is 0 Å². The van der Waals surface area contributed by atoms with Crippen molar-refractivity contribution in [1.82, 2.24) is 0 Å². The van der Waals surface area contributed by atoms with Gasteiger partial charge in [0, 0.05) is 9.58 Å². The molecule has 2 aromatic rings. The molecule has 0 N–H and O–H groups in total. The molecule has 1 aromatic heterocycles. The molecule has 1 aromatic carbocycles. The molecule has 1 aliphatic carbocycles. The minimum atomic E-state index is 1.04. The van der Waals surface area contributed by atoms with Gasteiger partial charge in [0.05, 0.1) is 0 Å². The lowest BCUT2D eigenvalue weighted by molar-refractivity contribution is 1.47. The molecule has 3 rings (SSSR count). The van der Waals surface area contributed by atoms with Crippen LogP contribution in [-0.4, -0.2) is 0 Å². The minimum absolute atomic E-state index is 1.04. The predicted octanol–water partition coefficient (Wildman–Crippen LogP) is 2.73. The first-order valence-corrected chi connectivity index (χ1v) is 6.02. The van der Waals surface area contributed by atoms with Crippen molar-refractivity contribution in [1.29, 1.82) is 0 Å². The van der Waals surface area contributed by atoms with E-state index in [1.54, 1.807) is 0 Å². The zero-order valence-electron chi connectivity index (χ0n) is 8.66. The van der Waals surface area contributed by atoms with Gasteiger partial charge in [-0.05, 0) is 35.2 Å². The average molecular weight is 212 g/mol. The van der Waals surface area contributed by atoms with Crippen LogP contribution in [0.4, 0.5) is 0 Å². The molecule has 0 bridgehead atoms. The molecule has 0 saturated heterocycles. The Hall–Kier alpha value is -1.34. The number of fused-ring (bicyclic) bond motifs is 3. The summed E-state index contributed by atoms with van der Waals surface area (Å²) in [6, 6.07) is 6.73. The predicted molar refractivity (Wildman–Crippen MR) is 68.5 cm³/mol. The molecule has 0 unspecified atom stereocenters. The molecule has 15 heavy (non-hydrogen) atoms. The van der Waals surface area contributed by atoms with Crippen molar-refractivity contribution >= 4 is 33.6 Å². The molecular weight excluding hydrogens is 200 g/mol. The summed E-state index contributed by atoms with van der Waals surface area (Å²) >= 11 is 1.89. The fourth-order valence-electron chi connectivity index (χ4n) is 2.06. The maximum atomic E-state index is 2.30. The molecular formula is C14H12S. The van der Waals surface area contributed by atoms with Crippen molar-refractivity contribution in [3.63, 3.8) is 0 Å². The number of thiophene rings is 1. The van der Waals surface area contributed by atoms with Gasteiger partial charge in [-0.2, -0.15) is 0 Å². The van der Waals surface area contributed by atoms with Crippen molar-refractivity contribution in [2.45, 2.75) is 13.3 Å². The lowest BCUT2D eigenvalue weighted by Gasteiger charge is -1.92. The second kappa shape index (κ2) is 3.35. The maximum Gasteiger partial charge on any atom is 0.0423 e. The van der Waals surface area contributed by atoms with Crippen LogP contribution in [0.15, 0.2) is 30.4 Å². The summed E-state index contributed by atoms with van der Waals surface area (Å²) in [5.74, 6) is 0. The lowest BCUT2D eigenvalue weighted by Crippen LogP contribution is -2.23. The smallest absolute Gasteiger partial charge is 0.0423 e. The standard InChI is InChI=1S/C14H12S/c1-10-9-12-8-7-11-5-3-2-4-6-13(11)14(12)15-10/h2,4-9H,3H2,1H3. The van der Waals surface area contributed by atoms with Crippen LogP contribution in [0.3, 0.4) is 0 Å². The lowest BCUT2D eigenvalue weighted by atomic mass is 10.1. The highest BCUT2D eigenvalue weighted by atomic mass is 32.1. The van der Waals surface area contributed by atoms with Gasteiger partial charge < -0.3 is 0 Å². The monoisotopic (exact) mass is 212 g/mol. The Morgan fingerprint density at radius 2 is 2.20 bits per heavy atom. The highest BCUT2D eigenvalue weighted by molar-refractivity contribution is 7.19. The van der Waals surface area contributed by atoms with Gasteiger partial charge in [0.2, 0.25) is 0 Å². The summed E-state index contributed by atoms with van der Waals surface area (Å²) in [6.45, 7) is 2.17. The van der Waals surface area contributed by atoms with Crippen LogP contribution in [0.1, 0.15) is 11.3 Å². The molecule has 1 heteroatoms. The SMILES string of the molecule is Cc1cc2ccc3c(c2s1)=CC=CCC=3. The van der Waals surface area contributed by atoms with E-state index >= 15 is 0 Å². The van der Waals surface area contributed by atoms with Crippen LogP contribution < -0.4 is 10.4 Å². The van der Waals surface area contributed by atoms with Crippen LogP contribution in [-0.2, 0) is 0 Å². The van der Waals surface area contributed by atoms with Gasteiger partial charge in [-0.1, -0.05) is 36.4 Å². The second-order valence-corrected chi connectivity index (χ2v) is 5.13. The van der Waals surface area contributed by atoms with Crippen molar-refractivity contribution in [3.05, 3.63) is 45.7 Å². The zero-order chi connectivity index (χ0) is 10.3. The van der Waals surface area contributed by atoms with Gasteiger partial charge in [-0.15, -0.1) is 11.3 Å². The van der Waals surface area contributed by atoms with E-state index in [-0.39, 0.29) is 0 Å². The van der Waals surface area contributed by atoms with Gasteiger partial charge in [0.15, 0.2) is 0 Å².